The Morgan fingerprint density at radius 2 is 0.781 bits per heavy atom. The van der Waals surface area contributed by atoms with Crippen LogP contribution in [0, 0.1) is 0 Å². The van der Waals surface area contributed by atoms with Gasteiger partial charge in [0, 0.05) is 33.1 Å². The van der Waals surface area contributed by atoms with Crippen molar-refractivity contribution < 1.29 is 0 Å². The van der Waals surface area contributed by atoms with Gasteiger partial charge in [-0.3, -0.25) is 0 Å². The van der Waals surface area contributed by atoms with E-state index in [2.05, 4.69) is 266 Å². The van der Waals surface area contributed by atoms with Crippen LogP contribution in [0.2, 0.25) is 0 Å². The number of benzene rings is 10. The molecule has 0 aromatic heterocycles. The van der Waals surface area contributed by atoms with Gasteiger partial charge in [-0.05, 0) is 92.5 Å². The monoisotopic (exact) mass is 818 g/mol. The van der Waals surface area contributed by atoms with Gasteiger partial charge in [-0.25, -0.2) is 0 Å². The van der Waals surface area contributed by atoms with Crippen molar-refractivity contribution in [1.82, 2.24) is 0 Å². The normalized spacial score (nSPS) is 11.5. The molecule has 0 aliphatic heterocycles. The number of anilines is 5. The summed E-state index contributed by atoms with van der Waals surface area (Å²) in [5, 5.41) is 4.35. The van der Waals surface area contributed by atoms with Crippen LogP contribution in [0.3, 0.4) is 0 Å². The van der Waals surface area contributed by atoms with Crippen LogP contribution in [0.5, 0.6) is 0 Å². The smallest absolute Gasteiger partial charge is 0.0540 e. The van der Waals surface area contributed by atoms with Gasteiger partial charge in [0.15, 0.2) is 0 Å². The van der Waals surface area contributed by atoms with Crippen molar-refractivity contribution in [1.29, 1.82) is 0 Å². The standard InChI is InChI=1S/C62H46N2/c1-3-59(55-26-12-10-19-45(55)2)63(53-41-37-48(38-42-53)46-20-6-4-7-21-46)60-30-16-14-28-57(60)51-33-35-52(36-34-51)58-29-15-17-31-61(58)64(62-32-18-25-50-24-11-13-27-56(50)62)54-43-39-49(40-44-54)47-22-8-5-9-23-47/h3-44H,1-2H2/b59-55+. The Labute approximate surface area is 375 Å². The Kier molecular flexibility index (Phi) is 11.1. The minimum absolute atomic E-state index is 0.938. The van der Waals surface area contributed by atoms with Gasteiger partial charge in [0.05, 0.1) is 22.8 Å². The molecule has 0 unspecified atom stereocenters. The van der Waals surface area contributed by atoms with E-state index in [-0.39, 0.29) is 0 Å². The number of fused-ring (bicyclic) bond motifs is 1. The molecule has 0 aliphatic rings. The largest absolute Gasteiger partial charge is 0.309 e. The average molecular weight is 819 g/mol. The molecular formula is C62H46N2. The summed E-state index contributed by atoms with van der Waals surface area (Å²) in [5.74, 6) is 0. The molecule has 10 aromatic carbocycles. The predicted molar refractivity (Wildman–Crippen MR) is 274 cm³/mol. The van der Waals surface area contributed by atoms with Gasteiger partial charge in [0.25, 0.3) is 0 Å². The molecule has 0 amide bonds. The number of hydrogen-bond acceptors (Lipinski definition) is 2. The van der Waals surface area contributed by atoms with Crippen LogP contribution in [-0.4, -0.2) is 0 Å². The highest BCUT2D eigenvalue weighted by atomic mass is 15.2. The molecule has 0 saturated carbocycles. The van der Waals surface area contributed by atoms with Crippen LogP contribution in [-0.2, 0) is 0 Å². The highest BCUT2D eigenvalue weighted by molar-refractivity contribution is 6.01. The molecule has 0 aliphatic carbocycles. The first-order valence-electron chi connectivity index (χ1n) is 21.7. The lowest BCUT2D eigenvalue weighted by molar-refractivity contribution is 1.28. The van der Waals surface area contributed by atoms with Gasteiger partial charge < -0.3 is 9.80 Å². The number of nitrogens with zero attached hydrogens (tertiary/aromatic N) is 2. The summed E-state index contributed by atoms with van der Waals surface area (Å²) in [5.41, 5.74) is 15.5. The van der Waals surface area contributed by atoms with Gasteiger partial charge in [0.2, 0.25) is 0 Å². The zero-order valence-corrected chi connectivity index (χ0v) is 35.6. The molecule has 0 saturated heterocycles. The fourth-order valence-corrected chi connectivity index (χ4v) is 8.83. The fraction of sp³-hybridized carbons (Fsp3) is 0. The summed E-state index contributed by atoms with van der Waals surface area (Å²) >= 11 is 0. The maximum absolute atomic E-state index is 4.42. The Morgan fingerprint density at radius 1 is 0.344 bits per heavy atom. The molecule has 304 valence electrons. The topological polar surface area (TPSA) is 6.48 Å². The minimum atomic E-state index is 0.938. The third-order valence-corrected chi connectivity index (χ3v) is 12.0. The first-order valence-corrected chi connectivity index (χ1v) is 21.7. The van der Waals surface area contributed by atoms with Crippen molar-refractivity contribution in [3.05, 3.63) is 272 Å². The van der Waals surface area contributed by atoms with E-state index in [0.717, 1.165) is 72.4 Å². The van der Waals surface area contributed by atoms with E-state index >= 15 is 0 Å². The molecule has 10 rings (SSSR count). The van der Waals surface area contributed by atoms with Crippen molar-refractivity contribution in [2.45, 2.75) is 0 Å². The van der Waals surface area contributed by atoms with Crippen LogP contribution in [0.25, 0.3) is 67.6 Å². The second kappa shape index (κ2) is 17.9. The third-order valence-electron chi connectivity index (χ3n) is 12.0. The first-order chi connectivity index (χ1) is 31.6. The van der Waals surface area contributed by atoms with Crippen molar-refractivity contribution in [3.8, 4) is 44.5 Å². The molecule has 0 bridgehead atoms. The summed E-state index contributed by atoms with van der Waals surface area (Å²) < 4.78 is 0. The average Bonchev–Trinajstić information content (AvgIpc) is 3.37. The van der Waals surface area contributed by atoms with Crippen molar-refractivity contribution in [3.63, 3.8) is 0 Å². The summed E-state index contributed by atoms with van der Waals surface area (Å²) in [6.45, 7) is 8.78. The van der Waals surface area contributed by atoms with Crippen LogP contribution in [0.15, 0.2) is 261 Å². The van der Waals surface area contributed by atoms with Crippen LogP contribution >= 0.6 is 0 Å². The van der Waals surface area contributed by atoms with Crippen LogP contribution < -0.4 is 20.2 Å². The van der Waals surface area contributed by atoms with Crippen molar-refractivity contribution in [2.24, 2.45) is 0 Å². The van der Waals surface area contributed by atoms with Gasteiger partial charge in [-0.1, -0.05) is 219 Å². The van der Waals surface area contributed by atoms with Crippen molar-refractivity contribution >= 4 is 51.5 Å². The quantitative estimate of drug-likeness (QED) is 0.128. The predicted octanol–water partition coefficient (Wildman–Crippen LogP) is 15.5. The second-order valence-corrected chi connectivity index (χ2v) is 15.9. The molecule has 0 radical (unpaired) electrons. The number of para-hydroxylation sites is 2. The molecule has 2 heteroatoms. The maximum Gasteiger partial charge on any atom is 0.0540 e. The minimum Gasteiger partial charge on any atom is -0.309 e. The van der Waals surface area contributed by atoms with E-state index in [0.29, 0.717) is 0 Å². The van der Waals surface area contributed by atoms with Crippen LogP contribution in [0.1, 0.15) is 0 Å². The summed E-state index contributed by atoms with van der Waals surface area (Å²) in [6.07, 6.45) is 1.95. The lowest BCUT2D eigenvalue weighted by Crippen LogP contribution is -2.31. The van der Waals surface area contributed by atoms with Crippen molar-refractivity contribution in [2.75, 3.05) is 9.80 Å². The fourth-order valence-electron chi connectivity index (χ4n) is 8.83. The summed E-state index contributed by atoms with van der Waals surface area (Å²) in [7, 11) is 0. The van der Waals surface area contributed by atoms with Gasteiger partial charge >= 0.3 is 0 Å². The lowest BCUT2D eigenvalue weighted by atomic mass is 9.96. The van der Waals surface area contributed by atoms with E-state index in [4.69, 9.17) is 0 Å². The third kappa shape index (κ3) is 7.81. The molecular weight excluding hydrogens is 773 g/mol. The molecule has 0 atom stereocenters. The van der Waals surface area contributed by atoms with Gasteiger partial charge in [0.1, 0.15) is 0 Å². The van der Waals surface area contributed by atoms with Gasteiger partial charge in [-0.15, -0.1) is 0 Å². The molecule has 2 nitrogen and oxygen atoms in total. The Balaban J connectivity index is 1.08. The Bertz CT molecular complexity index is 3330. The highest BCUT2D eigenvalue weighted by Crippen LogP contribution is 2.45. The van der Waals surface area contributed by atoms with Crippen LogP contribution in [0.4, 0.5) is 28.4 Å². The molecule has 0 heterocycles. The number of rotatable bonds is 11. The van der Waals surface area contributed by atoms with E-state index in [1.54, 1.807) is 0 Å². The van der Waals surface area contributed by atoms with E-state index < -0.39 is 0 Å². The molecule has 0 spiro atoms. The van der Waals surface area contributed by atoms with Gasteiger partial charge in [-0.2, -0.15) is 0 Å². The van der Waals surface area contributed by atoms with E-state index in [1.165, 1.54) is 27.5 Å². The Hall–Kier alpha value is -8.46. The first kappa shape index (κ1) is 39.7. The molecule has 10 aromatic rings. The molecule has 0 fully saturated rings. The maximum atomic E-state index is 4.42. The molecule has 0 N–H and O–H groups in total. The number of hydrogen-bond donors (Lipinski definition) is 0. The SMILES string of the molecule is C=C/C(=c1/ccccc1=C)N(c1ccc(-c2ccccc2)cc1)c1ccccc1-c1ccc(-c2ccccc2N(c2ccc(-c3ccccc3)cc2)c2cccc3ccccc23)cc1. The molecule has 64 heavy (non-hydrogen) atoms. The second-order valence-electron chi connectivity index (χ2n) is 15.9. The zero-order chi connectivity index (χ0) is 43.2. The highest BCUT2D eigenvalue weighted by Gasteiger charge is 2.21. The Morgan fingerprint density at radius 3 is 1.39 bits per heavy atom. The zero-order valence-electron chi connectivity index (χ0n) is 35.6. The van der Waals surface area contributed by atoms with E-state index in [1.807, 2.05) is 12.1 Å². The van der Waals surface area contributed by atoms with E-state index in [9.17, 15) is 0 Å². The summed E-state index contributed by atoms with van der Waals surface area (Å²) in [4.78, 5) is 4.72. The summed E-state index contributed by atoms with van der Waals surface area (Å²) in [6, 6.07) is 88.7. The lowest BCUT2D eigenvalue weighted by Gasteiger charge is -2.29.